The monoisotopic (exact) mass is 365 g/mol. The molecule has 1 aliphatic heterocycles. The number of pyridine rings is 1. The molecule has 4 rings (SSSR count). The lowest BCUT2D eigenvalue weighted by Crippen LogP contribution is -2.31. The van der Waals surface area contributed by atoms with Gasteiger partial charge in [-0.3, -0.25) is 9.59 Å². The minimum absolute atomic E-state index is 0.0727. The first kappa shape index (κ1) is 17.1. The first-order chi connectivity index (χ1) is 13.0. The highest BCUT2D eigenvalue weighted by Gasteiger charge is 2.35. The maximum Gasteiger partial charge on any atom is 0.312 e. The lowest BCUT2D eigenvalue weighted by Gasteiger charge is -2.27. The zero-order chi connectivity index (χ0) is 19.1. The van der Waals surface area contributed by atoms with E-state index in [9.17, 15) is 9.59 Å². The van der Waals surface area contributed by atoms with Crippen molar-refractivity contribution in [3.8, 4) is 17.2 Å². The van der Waals surface area contributed by atoms with Gasteiger partial charge in [-0.15, -0.1) is 0 Å². The predicted molar refractivity (Wildman–Crippen MR) is 101 cm³/mol. The number of nitrogens with zero attached hydrogens (tertiary/aromatic N) is 1. The van der Waals surface area contributed by atoms with Crippen molar-refractivity contribution in [3.05, 3.63) is 63.9 Å². The summed E-state index contributed by atoms with van der Waals surface area (Å²) >= 11 is 0. The van der Waals surface area contributed by atoms with Crippen molar-refractivity contribution in [2.24, 2.45) is 7.05 Å². The second-order valence-electron chi connectivity index (χ2n) is 6.46. The summed E-state index contributed by atoms with van der Waals surface area (Å²) in [5.74, 6) is 0.720. The molecule has 0 fully saturated rings. The predicted octanol–water partition coefficient (Wildman–Crippen LogP) is 3.00. The summed E-state index contributed by atoms with van der Waals surface area (Å²) in [6.45, 7) is 0. The summed E-state index contributed by atoms with van der Waals surface area (Å²) in [6.07, 6.45) is 0.0727. The van der Waals surface area contributed by atoms with E-state index in [2.05, 4.69) is 0 Å². The lowest BCUT2D eigenvalue weighted by atomic mass is 9.85. The van der Waals surface area contributed by atoms with Crippen LogP contribution in [0.2, 0.25) is 0 Å². The van der Waals surface area contributed by atoms with Crippen molar-refractivity contribution in [1.82, 2.24) is 4.57 Å². The third-order valence-corrected chi connectivity index (χ3v) is 5.04. The van der Waals surface area contributed by atoms with Gasteiger partial charge in [0, 0.05) is 30.0 Å². The van der Waals surface area contributed by atoms with Crippen LogP contribution in [-0.4, -0.2) is 24.8 Å². The Hall–Kier alpha value is -3.28. The van der Waals surface area contributed by atoms with E-state index in [1.54, 1.807) is 38.0 Å². The molecule has 0 saturated carbocycles. The zero-order valence-corrected chi connectivity index (χ0v) is 15.3. The Kier molecular flexibility index (Phi) is 4.11. The number of carbonyl (C=O) groups is 1. The van der Waals surface area contributed by atoms with Gasteiger partial charge in [-0.1, -0.05) is 18.2 Å². The van der Waals surface area contributed by atoms with Crippen LogP contribution in [0.3, 0.4) is 0 Å². The van der Waals surface area contributed by atoms with Crippen LogP contribution in [0.15, 0.2) is 47.3 Å². The average molecular weight is 365 g/mol. The third kappa shape index (κ3) is 2.65. The summed E-state index contributed by atoms with van der Waals surface area (Å²) in [6, 6.07) is 12.8. The van der Waals surface area contributed by atoms with Crippen LogP contribution in [0.5, 0.6) is 17.2 Å². The van der Waals surface area contributed by atoms with Crippen LogP contribution in [0.1, 0.15) is 23.5 Å². The van der Waals surface area contributed by atoms with E-state index >= 15 is 0 Å². The van der Waals surface area contributed by atoms with Crippen molar-refractivity contribution in [2.75, 3.05) is 14.2 Å². The summed E-state index contributed by atoms with van der Waals surface area (Å²) in [5.41, 5.74) is 1.76. The molecule has 0 amide bonds. The van der Waals surface area contributed by atoms with Crippen LogP contribution in [0, 0.1) is 0 Å². The lowest BCUT2D eigenvalue weighted by molar-refractivity contribution is -0.135. The van der Waals surface area contributed by atoms with Crippen LogP contribution in [0.4, 0.5) is 0 Å². The Morgan fingerprint density at radius 1 is 1.07 bits per heavy atom. The Morgan fingerprint density at radius 2 is 1.85 bits per heavy atom. The summed E-state index contributed by atoms with van der Waals surface area (Å²) in [4.78, 5) is 25.5. The molecular weight excluding hydrogens is 346 g/mol. The highest BCUT2D eigenvalue weighted by Crippen LogP contribution is 2.43. The number of hydrogen-bond donors (Lipinski definition) is 0. The zero-order valence-electron chi connectivity index (χ0n) is 15.3. The number of carbonyl (C=O) groups excluding carboxylic acids is 1. The average Bonchev–Trinajstić information content (AvgIpc) is 2.70. The summed E-state index contributed by atoms with van der Waals surface area (Å²) < 4.78 is 17.9. The fraction of sp³-hybridized carbons (Fsp3) is 0.238. The van der Waals surface area contributed by atoms with E-state index < -0.39 is 5.92 Å². The molecule has 0 spiro atoms. The Balaban J connectivity index is 2.02. The molecule has 138 valence electrons. The van der Waals surface area contributed by atoms with E-state index in [4.69, 9.17) is 14.2 Å². The van der Waals surface area contributed by atoms with Crippen molar-refractivity contribution < 1.29 is 19.0 Å². The number of benzene rings is 2. The molecule has 27 heavy (non-hydrogen) atoms. The SMILES string of the molecule is COc1ccc([C@H]2CC(=O)Oc3c2c(=O)n(C)c2ccccc32)c(OC)c1. The van der Waals surface area contributed by atoms with Gasteiger partial charge in [0.2, 0.25) is 0 Å². The van der Waals surface area contributed by atoms with Crippen molar-refractivity contribution in [3.63, 3.8) is 0 Å². The minimum Gasteiger partial charge on any atom is -0.497 e. The maximum atomic E-state index is 13.1. The highest BCUT2D eigenvalue weighted by atomic mass is 16.5. The van der Waals surface area contributed by atoms with Gasteiger partial charge in [0.1, 0.15) is 17.2 Å². The number of esters is 1. The molecule has 0 N–H and O–H groups in total. The van der Waals surface area contributed by atoms with Crippen LogP contribution in [0.25, 0.3) is 10.9 Å². The maximum absolute atomic E-state index is 13.1. The molecule has 6 heteroatoms. The largest absolute Gasteiger partial charge is 0.497 e. The van der Waals surface area contributed by atoms with Gasteiger partial charge >= 0.3 is 5.97 Å². The van der Waals surface area contributed by atoms with Crippen molar-refractivity contribution in [1.29, 1.82) is 0 Å². The molecule has 1 aliphatic rings. The molecule has 3 aromatic rings. The number of aryl methyl sites for hydroxylation is 1. The Labute approximate surface area is 155 Å². The van der Waals surface area contributed by atoms with E-state index in [0.717, 1.165) is 16.5 Å². The molecule has 0 bridgehead atoms. The Morgan fingerprint density at radius 3 is 2.59 bits per heavy atom. The van der Waals surface area contributed by atoms with Gasteiger partial charge < -0.3 is 18.8 Å². The second kappa shape index (κ2) is 6.46. The molecule has 0 saturated heterocycles. The normalized spacial score (nSPS) is 16.0. The summed E-state index contributed by atoms with van der Waals surface area (Å²) in [7, 11) is 4.85. The van der Waals surface area contributed by atoms with Gasteiger partial charge in [0.15, 0.2) is 0 Å². The molecule has 1 aromatic heterocycles. The number of methoxy groups -OCH3 is 2. The van der Waals surface area contributed by atoms with Gasteiger partial charge in [-0.2, -0.15) is 0 Å². The standard InChI is InChI=1S/C21H19NO5/c1-22-16-7-5-4-6-14(16)20-19(21(22)24)15(11-18(23)27-20)13-9-8-12(25-2)10-17(13)26-3/h4-10,15H,11H2,1-3H3/t15-/m1/s1. The molecule has 6 nitrogen and oxygen atoms in total. The second-order valence-corrected chi connectivity index (χ2v) is 6.46. The van der Waals surface area contributed by atoms with Crippen LogP contribution >= 0.6 is 0 Å². The van der Waals surface area contributed by atoms with Crippen molar-refractivity contribution >= 4 is 16.9 Å². The quantitative estimate of drug-likeness (QED) is 0.668. The molecule has 2 heterocycles. The number of para-hydroxylation sites is 1. The number of hydrogen-bond acceptors (Lipinski definition) is 5. The first-order valence-electron chi connectivity index (χ1n) is 8.59. The van der Waals surface area contributed by atoms with E-state index in [-0.39, 0.29) is 17.9 Å². The molecule has 2 aromatic carbocycles. The Bertz CT molecular complexity index is 1120. The smallest absolute Gasteiger partial charge is 0.312 e. The summed E-state index contributed by atoms with van der Waals surface area (Å²) in [5, 5.41) is 0.736. The number of ether oxygens (including phenoxy) is 3. The fourth-order valence-corrected chi connectivity index (χ4v) is 3.70. The third-order valence-electron chi connectivity index (χ3n) is 5.04. The van der Waals surface area contributed by atoms with E-state index in [1.807, 2.05) is 30.3 Å². The van der Waals surface area contributed by atoms with Crippen molar-refractivity contribution in [2.45, 2.75) is 12.3 Å². The van der Waals surface area contributed by atoms with Gasteiger partial charge in [-0.05, 0) is 18.2 Å². The van der Waals surface area contributed by atoms with E-state index in [1.165, 1.54) is 0 Å². The highest BCUT2D eigenvalue weighted by molar-refractivity contribution is 5.91. The van der Waals surface area contributed by atoms with Gasteiger partial charge in [0.25, 0.3) is 5.56 Å². The number of rotatable bonds is 3. The van der Waals surface area contributed by atoms with Crippen LogP contribution in [-0.2, 0) is 11.8 Å². The molecule has 1 atom stereocenters. The van der Waals surface area contributed by atoms with Gasteiger partial charge in [0.05, 0.1) is 31.7 Å². The molecule has 0 radical (unpaired) electrons. The molecule has 0 unspecified atom stereocenters. The van der Waals surface area contributed by atoms with E-state index in [0.29, 0.717) is 22.8 Å². The fourth-order valence-electron chi connectivity index (χ4n) is 3.70. The first-order valence-corrected chi connectivity index (χ1v) is 8.59. The number of aromatic nitrogens is 1. The molecule has 0 aliphatic carbocycles. The molecular formula is C21H19NO5. The van der Waals surface area contributed by atoms with Gasteiger partial charge in [-0.25, -0.2) is 0 Å². The van der Waals surface area contributed by atoms with Crippen LogP contribution < -0.4 is 19.8 Å². The number of fused-ring (bicyclic) bond motifs is 3. The topological polar surface area (TPSA) is 66.8 Å². The minimum atomic E-state index is -0.453.